The van der Waals surface area contributed by atoms with Crippen molar-refractivity contribution in [3.63, 3.8) is 0 Å². The van der Waals surface area contributed by atoms with Gasteiger partial charge in [0.2, 0.25) is 23.6 Å². The van der Waals surface area contributed by atoms with Gasteiger partial charge >= 0.3 is 11.9 Å². The van der Waals surface area contributed by atoms with E-state index >= 15 is 0 Å². The average Bonchev–Trinajstić information content (AvgIpc) is 2.91. The van der Waals surface area contributed by atoms with Gasteiger partial charge in [0.15, 0.2) is 13.5 Å². The van der Waals surface area contributed by atoms with Gasteiger partial charge < -0.3 is 9.47 Å². The van der Waals surface area contributed by atoms with E-state index in [1.54, 1.807) is 34.1 Å². The number of rotatable bonds is 9. The minimum atomic E-state index is -0.763. The molecule has 2 heterocycles. The van der Waals surface area contributed by atoms with Crippen LogP contribution >= 0.6 is 23.2 Å². The van der Waals surface area contributed by atoms with Gasteiger partial charge in [-0.05, 0) is 24.3 Å². The molecule has 4 amide bonds. The van der Waals surface area contributed by atoms with Crippen LogP contribution in [0.4, 0.5) is 0 Å². The van der Waals surface area contributed by atoms with Gasteiger partial charge in [-0.25, -0.2) is 19.4 Å². The number of piperazine rings is 2. The lowest BCUT2D eigenvalue weighted by molar-refractivity contribution is -0.159. The molecule has 210 valence electrons. The van der Waals surface area contributed by atoms with Gasteiger partial charge in [0.05, 0.1) is 47.4 Å². The number of hydrogen-bond acceptors (Lipinski definition) is 10. The third-order valence-electron chi connectivity index (χ3n) is 6.21. The lowest BCUT2D eigenvalue weighted by Crippen LogP contribution is -2.58. The summed E-state index contributed by atoms with van der Waals surface area (Å²) in [5, 5.41) is 0.372. The van der Waals surface area contributed by atoms with Crippen molar-refractivity contribution in [3.05, 3.63) is 69.7 Å². The fourth-order valence-electron chi connectivity index (χ4n) is 4.04. The monoisotopic (exact) mass is 590 g/mol. The zero-order valence-corrected chi connectivity index (χ0v) is 22.6. The second kappa shape index (κ2) is 13.0. The Morgan fingerprint density at radius 3 is 1.25 bits per heavy atom. The van der Waals surface area contributed by atoms with E-state index in [4.69, 9.17) is 32.7 Å². The predicted octanol–water partition coefficient (Wildman–Crippen LogP) is 1.26. The van der Waals surface area contributed by atoms with Crippen LogP contribution in [0.1, 0.15) is 20.7 Å². The van der Waals surface area contributed by atoms with Crippen LogP contribution in [0.2, 0.25) is 10.0 Å². The van der Waals surface area contributed by atoms with Crippen molar-refractivity contribution < 1.29 is 38.2 Å². The molecule has 0 saturated carbocycles. The third-order valence-corrected chi connectivity index (χ3v) is 6.87. The number of imide groups is 2. The molecule has 4 rings (SSSR count). The molecule has 2 aliphatic heterocycles. The molecule has 2 fully saturated rings. The Kier molecular flexibility index (Phi) is 9.48. The van der Waals surface area contributed by atoms with E-state index in [0.717, 1.165) is 9.80 Å². The van der Waals surface area contributed by atoms with Crippen LogP contribution in [0.25, 0.3) is 0 Å². The summed E-state index contributed by atoms with van der Waals surface area (Å²) in [6.07, 6.45) is 0. The molecule has 2 aromatic carbocycles. The molecule has 0 N–H and O–H groups in total. The quantitative estimate of drug-likeness (QED) is 0.310. The van der Waals surface area contributed by atoms with E-state index in [1.165, 1.54) is 24.3 Å². The largest absolute Gasteiger partial charge is 0.440 e. The van der Waals surface area contributed by atoms with Gasteiger partial charge in [0, 0.05) is 13.1 Å². The number of nitrogens with zero attached hydrogens (tertiary/aromatic N) is 4. The Balaban J connectivity index is 1.21. The lowest BCUT2D eigenvalue weighted by Gasteiger charge is -2.35. The first-order valence-electron chi connectivity index (χ1n) is 12.1. The molecule has 2 aliphatic rings. The number of halogens is 2. The first-order chi connectivity index (χ1) is 19.1. The smallest absolute Gasteiger partial charge is 0.341 e. The average molecular weight is 591 g/mol. The zero-order valence-electron chi connectivity index (χ0n) is 21.1. The van der Waals surface area contributed by atoms with E-state index in [-0.39, 0.29) is 60.4 Å². The maximum Gasteiger partial charge on any atom is 0.341 e. The molecule has 0 unspecified atom stereocenters. The number of ether oxygens (including phenoxy) is 2. The van der Waals surface area contributed by atoms with Crippen molar-refractivity contribution in [2.45, 2.75) is 0 Å². The summed E-state index contributed by atoms with van der Waals surface area (Å²) in [5.41, 5.74) is 0.233. The van der Waals surface area contributed by atoms with E-state index in [0.29, 0.717) is 0 Å². The highest BCUT2D eigenvalue weighted by Gasteiger charge is 2.35. The fourth-order valence-corrected chi connectivity index (χ4v) is 4.46. The lowest BCUT2D eigenvalue weighted by atomic mass is 10.2. The number of esters is 2. The Morgan fingerprint density at radius 1 is 0.600 bits per heavy atom. The molecule has 12 nitrogen and oxygen atoms in total. The van der Waals surface area contributed by atoms with E-state index in [1.807, 2.05) is 0 Å². The zero-order chi connectivity index (χ0) is 28.8. The van der Waals surface area contributed by atoms with Gasteiger partial charge in [-0.1, -0.05) is 47.5 Å². The number of amides is 4. The van der Waals surface area contributed by atoms with Gasteiger partial charge in [0.1, 0.15) is 0 Å². The fraction of sp³-hybridized carbons (Fsp3) is 0.308. The van der Waals surface area contributed by atoms with Crippen molar-refractivity contribution in [1.82, 2.24) is 19.6 Å². The predicted molar refractivity (Wildman–Crippen MR) is 140 cm³/mol. The third kappa shape index (κ3) is 7.02. The Morgan fingerprint density at radius 2 is 0.925 bits per heavy atom. The summed E-state index contributed by atoms with van der Waals surface area (Å²) in [5.74, 6) is -3.75. The van der Waals surface area contributed by atoms with Crippen LogP contribution < -0.4 is 0 Å². The van der Waals surface area contributed by atoms with E-state index in [2.05, 4.69) is 0 Å². The minimum Gasteiger partial charge on any atom is -0.440 e. The standard InChI is InChI=1S/C26H24Cl2N4O8/c27-19-7-3-1-5-17(19)25(37)39-15-31-21(33)11-29(12-22(31)34)9-10-30-13-23(35)32(24(36)14-30)16-40-26(38)18-6-2-4-8-20(18)28/h1-8H,9-16H2. The number of benzene rings is 2. The molecule has 40 heavy (non-hydrogen) atoms. The molecule has 0 radical (unpaired) electrons. The molecule has 0 atom stereocenters. The molecule has 0 bridgehead atoms. The maximum absolute atomic E-state index is 12.5. The minimum absolute atomic E-state index is 0.116. The molecular weight excluding hydrogens is 567 g/mol. The summed E-state index contributed by atoms with van der Waals surface area (Å²) in [7, 11) is 0. The van der Waals surface area contributed by atoms with Crippen molar-refractivity contribution in [1.29, 1.82) is 0 Å². The first-order valence-corrected chi connectivity index (χ1v) is 12.8. The van der Waals surface area contributed by atoms with Crippen molar-refractivity contribution in [3.8, 4) is 0 Å². The van der Waals surface area contributed by atoms with Crippen LogP contribution in [0, 0.1) is 0 Å². The Labute approximate surface area is 238 Å². The van der Waals surface area contributed by atoms with Gasteiger partial charge in [0.25, 0.3) is 0 Å². The van der Waals surface area contributed by atoms with E-state index in [9.17, 15) is 28.8 Å². The maximum atomic E-state index is 12.5. The van der Waals surface area contributed by atoms with Gasteiger partial charge in [-0.2, -0.15) is 0 Å². The van der Waals surface area contributed by atoms with Crippen LogP contribution in [-0.4, -0.2) is 108 Å². The van der Waals surface area contributed by atoms with Crippen LogP contribution in [-0.2, 0) is 28.7 Å². The van der Waals surface area contributed by atoms with Crippen LogP contribution in [0.5, 0.6) is 0 Å². The normalized spacial score (nSPS) is 16.9. The summed E-state index contributed by atoms with van der Waals surface area (Å²) in [4.78, 5) is 79.5. The molecule has 0 aromatic heterocycles. The van der Waals surface area contributed by atoms with Gasteiger partial charge in [-0.3, -0.25) is 29.0 Å². The topological polar surface area (TPSA) is 134 Å². The highest BCUT2D eigenvalue weighted by molar-refractivity contribution is 6.34. The summed E-state index contributed by atoms with van der Waals surface area (Å²) >= 11 is 11.9. The summed E-state index contributed by atoms with van der Waals surface area (Å²) in [6.45, 7) is -1.09. The highest BCUT2D eigenvalue weighted by Crippen LogP contribution is 2.18. The van der Waals surface area contributed by atoms with E-state index < -0.39 is 49.0 Å². The Hall–Kier alpha value is -3.84. The van der Waals surface area contributed by atoms with Crippen molar-refractivity contribution >= 4 is 58.8 Å². The molecule has 2 saturated heterocycles. The summed E-state index contributed by atoms with van der Waals surface area (Å²) < 4.78 is 10.2. The molecule has 0 aliphatic carbocycles. The van der Waals surface area contributed by atoms with Crippen LogP contribution in [0.3, 0.4) is 0 Å². The molecule has 14 heteroatoms. The summed E-state index contributed by atoms with van der Waals surface area (Å²) in [6, 6.07) is 12.5. The SMILES string of the molecule is O=C(OCN1C(=O)CN(CCN2CC(=O)N(COC(=O)c3ccccc3Cl)C(=O)C2)CC1=O)c1ccccc1Cl. The Bertz CT molecular complexity index is 1220. The van der Waals surface area contributed by atoms with Crippen molar-refractivity contribution in [2.24, 2.45) is 0 Å². The molecule has 0 spiro atoms. The first kappa shape index (κ1) is 29.2. The second-order valence-electron chi connectivity index (χ2n) is 8.93. The number of carbonyl (C=O) groups excluding carboxylic acids is 6. The number of carbonyl (C=O) groups is 6. The van der Waals surface area contributed by atoms with Gasteiger partial charge in [-0.15, -0.1) is 0 Å². The van der Waals surface area contributed by atoms with Crippen LogP contribution in [0.15, 0.2) is 48.5 Å². The molecular formula is C26H24Cl2N4O8. The second-order valence-corrected chi connectivity index (χ2v) is 9.75. The highest BCUT2D eigenvalue weighted by atomic mass is 35.5. The van der Waals surface area contributed by atoms with Crippen molar-refractivity contribution in [2.75, 3.05) is 52.7 Å². The number of hydrogen-bond donors (Lipinski definition) is 0. The molecule has 2 aromatic rings.